The van der Waals surface area contributed by atoms with Crippen molar-refractivity contribution in [1.29, 1.82) is 5.26 Å². The molecule has 0 heterocycles. The van der Waals surface area contributed by atoms with Crippen LogP contribution in [0.2, 0.25) is 0 Å². The van der Waals surface area contributed by atoms with Crippen molar-refractivity contribution >= 4 is 5.69 Å². The van der Waals surface area contributed by atoms with Crippen LogP contribution in [-0.2, 0) is 0 Å². The van der Waals surface area contributed by atoms with Crippen molar-refractivity contribution in [1.82, 2.24) is 0 Å². The minimum Gasteiger partial charge on any atom is -0.323 e. The first kappa shape index (κ1) is 10.2. The molecule has 72 valence electrons. The quantitative estimate of drug-likeness (QED) is 0.578. The first-order valence-electron chi connectivity index (χ1n) is 4.02. The topological polar surface area (TPSA) is 93.0 Å². The van der Waals surface area contributed by atoms with Gasteiger partial charge in [0.05, 0.1) is 17.4 Å². The van der Waals surface area contributed by atoms with Crippen molar-refractivity contribution in [2.75, 3.05) is 0 Å². The second-order valence-electron chi connectivity index (χ2n) is 2.78. The molecule has 0 amide bonds. The zero-order chi connectivity index (χ0) is 10.6. The number of nitrogens with two attached hydrogens (primary N) is 1. The number of nitriles is 1. The molecule has 0 saturated carbocycles. The van der Waals surface area contributed by atoms with E-state index in [1.807, 2.05) is 6.07 Å². The van der Waals surface area contributed by atoms with E-state index in [1.54, 1.807) is 18.2 Å². The lowest BCUT2D eigenvalue weighted by molar-refractivity contribution is -0.385. The summed E-state index contributed by atoms with van der Waals surface area (Å²) in [5.74, 6) is 0. The summed E-state index contributed by atoms with van der Waals surface area (Å²) in [4.78, 5) is 10.1. The number of rotatable bonds is 3. The molecule has 0 aromatic heterocycles. The molecule has 0 fully saturated rings. The van der Waals surface area contributed by atoms with Crippen molar-refractivity contribution in [3.63, 3.8) is 0 Å². The highest BCUT2D eigenvalue weighted by molar-refractivity contribution is 5.42. The third kappa shape index (κ3) is 2.06. The van der Waals surface area contributed by atoms with E-state index in [0.717, 1.165) is 0 Å². The number of para-hydroxylation sites is 1. The Morgan fingerprint density at radius 2 is 2.21 bits per heavy atom. The van der Waals surface area contributed by atoms with E-state index in [2.05, 4.69) is 0 Å². The molecule has 1 aromatic rings. The molecule has 0 bridgehead atoms. The molecule has 0 unspecified atom stereocenters. The molecule has 1 atom stereocenters. The minimum atomic E-state index is -0.596. The molecule has 0 spiro atoms. The summed E-state index contributed by atoms with van der Waals surface area (Å²) >= 11 is 0. The Balaban J connectivity index is 3.08. The Bertz CT molecular complexity index is 384. The lowest BCUT2D eigenvalue weighted by Gasteiger charge is -2.07. The first-order valence-corrected chi connectivity index (χ1v) is 4.02. The number of hydrogen-bond donors (Lipinski definition) is 1. The summed E-state index contributed by atoms with van der Waals surface area (Å²) < 4.78 is 0. The summed E-state index contributed by atoms with van der Waals surface area (Å²) in [6.07, 6.45) is 0.0743. The van der Waals surface area contributed by atoms with Crippen molar-refractivity contribution in [3.05, 3.63) is 39.9 Å². The fourth-order valence-electron chi connectivity index (χ4n) is 1.18. The largest absolute Gasteiger partial charge is 0.323 e. The molecule has 0 aliphatic rings. The van der Waals surface area contributed by atoms with Gasteiger partial charge in [0.15, 0.2) is 0 Å². The van der Waals surface area contributed by atoms with E-state index >= 15 is 0 Å². The Labute approximate surface area is 80.9 Å². The third-order valence-electron chi connectivity index (χ3n) is 1.84. The van der Waals surface area contributed by atoms with Crippen LogP contribution in [0.15, 0.2) is 24.3 Å². The van der Waals surface area contributed by atoms with Gasteiger partial charge < -0.3 is 5.73 Å². The molecule has 0 aliphatic carbocycles. The number of nitro groups is 1. The lowest BCUT2D eigenvalue weighted by atomic mass is 10.0. The van der Waals surface area contributed by atoms with E-state index in [9.17, 15) is 10.1 Å². The maximum absolute atomic E-state index is 10.6. The van der Waals surface area contributed by atoms with Gasteiger partial charge in [-0.3, -0.25) is 10.1 Å². The number of nitro benzene ring substituents is 1. The van der Waals surface area contributed by atoms with Gasteiger partial charge in [0.25, 0.3) is 5.69 Å². The van der Waals surface area contributed by atoms with E-state index in [0.29, 0.717) is 5.56 Å². The number of nitrogens with zero attached hydrogens (tertiary/aromatic N) is 2. The predicted octanol–water partition coefficient (Wildman–Crippen LogP) is 1.51. The molecule has 14 heavy (non-hydrogen) atoms. The van der Waals surface area contributed by atoms with Crippen LogP contribution in [0.25, 0.3) is 0 Å². The van der Waals surface area contributed by atoms with Gasteiger partial charge in [-0.2, -0.15) is 5.26 Å². The highest BCUT2D eigenvalue weighted by Crippen LogP contribution is 2.24. The second kappa shape index (κ2) is 4.35. The van der Waals surface area contributed by atoms with Crippen LogP contribution in [-0.4, -0.2) is 4.92 Å². The summed E-state index contributed by atoms with van der Waals surface area (Å²) in [6.45, 7) is 0. The minimum absolute atomic E-state index is 0.0322. The van der Waals surface area contributed by atoms with Gasteiger partial charge in [0.2, 0.25) is 0 Å². The van der Waals surface area contributed by atoms with E-state index in [-0.39, 0.29) is 12.1 Å². The average molecular weight is 191 g/mol. The Kier molecular flexibility index (Phi) is 3.15. The molecule has 0 saturated heterocycles. The smallest absolute Gasteiger partial charge is 0.274 e. The van der Waals surface area contributed by atoms with Gasteiger partial charge in [-0.1, -0.05) is 18.2 Å². The standard InChI is InChI=1S/C9H9N3O2/c10-6-5-8(11)7-3-1-2-4-9(7)12(13)14/h1-4,8H,5,11H2/t8-/m0/s1. The van der Waals surface area contributed by atoms with Gasteiger partial charge >= 0.3 is 0 Å². The van der Waals surface area contributed by atoms with Crippen LogP contribution >= 0.6 is 0 Å². The second-order valence-corrected chi connectivity index (χ2v) is 2.78. The fraction of sp³-hybridized carbons (Fsp3) is 0.222. The van der Waals surface area contributed by atoms with Crippen molar-refractivity contribution in [3.8, 4) is 6.07 Å². The zero-order valence-electron chi connectivity index (χ0n) is 7.38. The molecular weight excluding hydrogens is 182 g/mol. The molecule has 2 N–H and O–H groups in total. The van der Waals surface area contributed by atoms with Crippen molar-refractivity contribution in [2.45, 2.75) is 12.5 Å². The van der Waals surface area contributed by atoms with E-state index in [4.69, 9.17) is 11.0 Å². The molecule has 0 radical (unpaired) electrons. The SMILES string of the molecule is N#CC[C@H](N)c1ccccc1[N+](=O)[O-]. The van der Waals surface area contributed by atoms with E-state index < -0.39 is 11.0 Å². The normalized spacial score (nSPS) is 11.7. The van der Waals surface area contributed by atoms with Crippen LogP contribution < -0.4 is 5.73 Å². The lowest BCUT2D eigenvalue weighted by Crippen LogP contribution is -2.11. The fourth-order valence-corrected chi connectivity index (χ4v) is 1.18. The zero-order valence-corrected chi connectivity index (χ0v) is 7.38. The van der Waals surface area contributed by atoms with Gasteiger partial charge in [0, 0.05) is 17.7 Å². The van der Waals surface area contributed by atoms with Gasteiger partial charge in [0.1, 0.15) is 0 Å². The highest BCUT2D eigenvalue weighted by atomic mass is 16.6. The van der Waals surface area contributed by atoms with Gasteiger partial charge in [-0.05, 0) is 0 Å². The number of hydrogen-bond acceptors (Lipinski definition) is 4. The van der Waals surface area contributed by atoms with Crippen LogP contribution in [0.1, 0.15) is 18.0 Å². The Hall–Kier alpha value is -1.93. The first-order chi connectivity index (χ1) is 6.66. The molecule has 5 nitrogen and oxygen atoms in total. The van der Waals surface area contributed by atoms with Crippen LogP contribution in [0, 0.1) is 21.4 Å². The maximum atomic E-state index is 10.6. The summed E-state index contributed by atoms with van der Waals surface area (Å²) in [5.41, 5.74) is 5.99. The third-order valence-corrected chi connectivity index (χ3v) is 1.84. The highest BCUT2D eigenvalue weighted by Gasteiger charge is 2.17. The van der Waals surface area contributed by atoms with Crippen molar-refractivity contribution < 1.29 is 4.92 Å². The Morgan fingerprint density at radius 1 is 1.57 bits per heavy atom. The number of benzene rings is 1. The summed E-state index contributed by atoms with van der Waals surface area (Å²) in [5, 5.41) is 19.0. The van der Waals surface area contributed by atoms with Crippen LogP contribution in [0.3, 0.4) is 0 Å². The molecular formula is C9H9N3O2. The summed E-state index contributed by atoms with van der Waals surface area (Å²) in [7, 11) is 0. The Morgan fingerprint density at radius 3 is 2.79 bits per heavy atom. The molecule has 1 aromatic carbocycles. The monoisotopic (exact) mass is 191 g/mol. The van der Waals surface area contributed by atoms with Gasteiger partial charge in [-0.15, -0.1) is 0 Å². The van der Waals surface area contributed by atoms with Crippen molar-refractivity contribution in [2.24, 2.45) is 5.73 Å². The van der Waals surface area contributed by atoms with E-state index in [1.165, 1.54) is 6.07 Å². The summed E-state index contributed by atoms with van der Waals surface area (Å²) in [6, 6.07) is 7.48. The maximum Gasteiger partial charge on any atom is 0.274 e. The van der Waals surface area contributed by atoms with Crippen LogP contribution in [0.5, 0.6) is 0 Å². The van der Waals surface area contributed by atoms with Crippen LogP contribution in [0.4, 0.5) is 5.69 Å². The molecule has 0 aliphatic heterocycles. The predicted molar refractivity (Wildman–Crippen MR) is 50.3 cm³/mol. The molecule has 5 heteroatoms. The average Bonchev–Trinajstić information content (AvgIpc) is 2.18. The molecule has 1 rings (SSSR count). The van der Waals surface area contributed by atoms with Gasteiger partial charge in [-0.25, -0.2) is 0 Å².